The average molecular weight is 295 g/mol. The van der Waals surface area contributed by atoms with E-state index in [1.165, 1.54) is 12.3 Å². The van der Waals surface area contributed by atoms with Crippen molar-refractivity contribution in [3.63, 3.8) is 0 Å². The highest BCUT2D eigenvalue weighted by molar-refractivity contribution is 5.93. The van der Waals surface area contributed by atoms with Gasteiger partial charge in [-0.3, -0.25) is 4.79 Å². The van der Waals surface area contributed by atoms with E-state index in [-0.39, 0.29) is 18.3 Å². The number of nitrogens with one attached hydrogen (secondary N) is 1. The third-order valence-electron chi connectivity index (χ3n) is 3.26. The number of aromatic nitrogens is 2. The number of hydrogen-bond acceptors (Lipinski definition) is 2. The zero-order valence-corrected chi connectivity index (χ0v) is 11.7. The van der Waals surface area contributed by atoms with Gasteiger partial charge in [0.1, 0.15) is 5.82 Å². The van der Waals surface area contributed by atoms with Crippen LogP contribution in [-0.4, -0.2) is 15.7 Å². The van der Waals surface area contributed by atoms with E-state index in [0.29, 0.717) is 11.1 Å². The fourth-order valence-electron chi connectivity index (χ4n) is 2.08. The molecule has 0 aliphatic rings. The van der Waals surface area contributed by atoms with E-state index in [2.05, 4.69) is 10.4 Å². The van der Waals surface area contributed by atoms with E-state index in [4.69, 9.17) is 0 Å². The van der Waals surface area contributed by atoms with E-state index in [1.807, 2.05) is 30.3 Å². The van der Waals surface area contributed by atoms with Gasteiger partial charge in [0.15, 0.2) is 0 Å². The van der Waals surface area contributed by atoms with Crippen LogP contribution in [0.4, 0.5) is 4.39 Å². The molecule has 1 aromatic heterocycles. The minimum absolute atomic E-state index is 0.141. The Morgan fingerprint density at radius 2 is 1.82 bits per heavy atom. The maximum Gasteiger partial charge on any atom is 0.254 e. The largest absolute Gasteiger partial charge is 0.348 e. The van der Waals surface area contributed by atoms with E-state index >= 15 is 0 Å². The van der Waals surface area contributed by atoms with Gasteiger partial charge in [-0.15, -0.1) is 0 Å². The zero-order chi connectivity index (χ0) is 15.4. The van der Waals surface area contributed by atoms with E-state index in [0.717, 1.165) is 5.69 Å². The van der Waals surface area contributed by atoms with Gasteiger partial charge in [0.05, 0.1) is 17.4 Å². The highest BCUT2D eigenvalue weighted by Gasteiger charge is 2.10. The van der Waals surface area contributed by atoms with Gasteiger partial charge in [0, 0.05) is 18.3 Å². The van der Waals surface area contributed by atoms with Gasteiger partial charge in [0.2, 0.25) is 0 Å². The van der Waals surface area contributed by atoms with Gasteiger partial charge in [-0.1, -0.05) is 36.4 Å². The molecule has 1 heterocycles. The number of nitrogens with zero attached hydrogens (tertiary/aromatic N) is 2. The standard InChI is InChI=1S/C17H14FN3O/c18-16-9-5-4-6-13(16)10-19-17(22)14-11-20-21(12-14)15-7-2-1-3-8-15/h1-9,11-12H,10H2,(H,19,22). The molecule has 1 amide bonds. The number of carbonyl (C=O) groups is 1. The monoisotopic (exact) mass is 295 g/mol. The molecule has 0 saturated carbocycles. The summed E-state index contributed by atoms with van der Waals surface area (Å²) in [6.45, 7) is 0.141. The number of para-hydroxylation sites is 1. The summed E-state index contributed by atoms with van der Waals surface area (Å²) in [4.78, 5) is 12.1. The van der Waals surface area contributed by atoms with Gasteiger partial charge >= 0.3 is 0 Å². The quantitative estimate of drug-likeness (QED) is 0.804. The van der Waals surface area contributed by atoms with Crippen LogP contribution in [0.3, 0.4) is 0 Å². The minimum Gasteiger partial charge on any atom is -0.348 e. The van der Waals surface area contributed by atoms with Crippen molar-refractivity contribution in [1.82, 2.24) is 15.1 Å². The first-order valence-electron chi connectivity index (χ1n) is 6.86. The molecule has 3 aromatic rings. The van der Waals surface area contributed by atoms with Gasteiger partial charge in [-0.2, -0.15) is 5.10 Å². The summed E-state index contributed by atoms with van der Waals surface area (Å²) in [7, 11) is 0. The molecule has 0 spiro atoms. The highest BCUT2D eigenvalue weighted by Crippen LogP contribution is 2.09. The lowest BCUT2D eigenvalue weighted by Gasteiger charge is -2.04. The van der Waals surface area contributed by atoms with Crippen LogP contribution in [0.5, 0.6) is 0 Å². The Labute approximate surface area is 127 Å². The van der Waals surface area contributed by atoms with Crippen molar-refractivity contribution in [1.29, 1.82) is 0 Å². The Bertz CT molecular complexity index is 783. The summed E-state index contributed by atoms with van der Waals surface area (Å²) in [5.41, 5.74) is 1.75. The normalized spacial score (nSPS) is 10.4. The van der Waals surface area contributed by atoms with Crippen LogP contribution in [-0.2, 0) is 6.54 Å². The van der Waals surface area contributed by atoms with Crippen LogP contribution >= 0.6 is 0 Å². The number of carbonyl (C=O) groups excluding carboxylic acids is 1. The summed E-state index contributed by atoms with van der Waals surface area (Å²) in [6.07, 6.45) is 3.13. The Hall–Kier alpha value is -2.95. The molecule has 22 heavy (non-hydrogen) atoms. The Morgan fingerprint density at radius 1 is 1.09 bits per heavy atom. The second kappa shape index (κ2) is 6.22. The van der Waals surface area contributed by atoms with Crippen LogP contribution in [0, 0.1) is 5.82 Å². The van der Waals surface area contributed by atoms with Crippen LogP contribution in [0.1, 0.15) is 15.9 Å². The lowest BCUT2D eigenvalue weighted by atomic mass is 10.2. The van der Waals surface area contributed by atoms with Gasteiger partial charge in [0.25, 0.3) is 5.91 Å². The Kier molecular flexibility index (Phi) is 3.96. The van der Waals surface area contributed by atoms with Crippen molar-refractivity contribution in [2.75, 3.05) is 0 Å². The molecule has 1 N–H and O–H groups in total. The predicted octanol–water partition coefficient (Wildman–Crippen LogP) is 2.94. The number of hydrogen-bond donors (Lipinski definition) is 1. The molecule has 0 fully saturated rings. The molecule has 4 nitrogen and oxygen atoms in total. The SMILES string of the molecule is O=C(NCc1ccccc1F)c1cnn(-c2ccccc2)c1. The number of halogens is 1. The molecular weight excluding hydrogens is 281 g/mol. The molecule has 0 saturated heterocycles. The molecular formula is C17H14FN3O. The van der Waals surface area contributed by atoms with Crippen molar-refractivity contribution in [3.8, 4) is 5.69 Å². The van der Waals surface area contributed by atoms with Crippen molar-refractivity contribution < 1.29 is 9.18 Å². The number of benzene rings is 2. The first kappa shape index (κ1) is 14.0. The molecule has 0 bridgehead atoms. The first-order valence-corrected chi connectivity index (χ1v) is 6.86. The smallest absolute Gasteiger partial charge is 0.254 e. The Balaban J connectivity index is 1.69. The van der Waals surface area contributed by atoms with Crippen LogP contribution < -0.4 is 5.32 Å². The molecule has 0 radical (unpaired) electrons. The van der Waals surface area contributed by atoms with Crippen LogP contribution in [0.15, 0.2) is 67.0 Å². The third-order valence-corrected chi connectivity index (χ3v) is 3.26. The van der Waals surface area contributed by atoms with E-state index in [1.54, 1.807) is 29.1 Å². The Morgan fingerprint density at radius 3 is 2.59 bits per heavy atom. The molecule has 5 heteroatoms. The second-order valence-corrected chi connectivity index (χ2v) is 4.78. The van der Waals surface area contributed by atoms with Crippen LogP contribution in [0.25, 0.3) is 5.69 Å². The summed E-state index contributed by atoms with van der Waals surface area (Å²) in [5, 5.41) is 6.85. The fourth-order valence-corrected chi connectivity index (χ4v) is 2.08. The fraction of sp³-hybridized carbons (Fsp3) is 0.0588. The van der Waals surface area contributed by atoms with Crippen molar-refractivity contribution in [2.24, 2.45) is 0 Å². The first-order chi connectivity index (χ1) is 10.7. The van der Waals surface area contributed by atoms with Gasteiger partial charge in [-0.25, -0.2) is 9.07 Å². The average Bonchev–Trinajstić information content (AvgIpc) is 3.05. The molecule has 110 valence electrons. The predicted molar refractivity (Wildman–Crippen MR) is 81.1 cm³/mol. The highest BCUT2D eigenvalue weighted by atomic mass is 19.1. The molecule has 0 atom stereocenters. The summed E-state index contributed by atoms with van der Waals surface area (Å²) in [5.74, 6) is -0.617. The van der Waals surface area contributed by atoms with Crippen molar-refractivity contribution >= 4 is 5.91 Å². The lowest BCUT2D eigenvalue weighted by Crippen LogP contribution is -2.22. The number of amides is 1. The molecule has 0 unspecified atom stereocenters. The summed E-state index contributed by atoms with van der Waals surface area (Å²) < 4.78 is 15.1. The number of rotatable bonds is 4. The second-order valence-electron chi connectivity index (χ2n) is 4.78. The van der Waals surface area contributed by atoms with Gasteiger partial charge < -0.3 is 5.32 Å². The van der Waals surface area contributed by atoms with Crippen molar-refractivity contribution in [2.45, 2.75) is 6.54 Å². The maximum absolute atomic E-state index is 13.5. The van der Waals surface area contributed by atoms with Crippen LogP contribution in [0.2, 0.25) is 0 Å². The minimum atomic E-state index is -0.331. The molecule has 3 rings (SSSR count). The summed E-state index contributed by atoms with van der Waals surface area (Å²) in [6, 6.07) is 15.9. The van der Waals surface area contributed by atoms with E-state index in [9.17, 15) is 9.18 Å². The lowest BCUT2D eigenvalue weighted by molar-refractivity contribution is 0.0950. The third kappa shape index (κ3) is 3.03. The van der Waals surface area contributed by atoms with Gasteiger partial charge in [-0.05, 0) is 18.2 Å². The molecule has 0 aliphatic heterocycles. The molecule has 2 aromatic carbocycles. The van der Waals surface area contributed by atoms with Crippen molar-refractivity contribution in [3.05, 3.63) is 83.9 Å². The topological polar surface area (TPSA) is 46.9 Å². The molecule has 0 aliphatic carbocycles. The zero-order valence-electron chi connectivity index (χ0n) is 11.7. The summed E-state index contributed by atoms with van der Waals surface area (Å²) >= 11 is 0. The maximum atomic E-state index is 13.5. The van der Waals surface area contributed by atoms with E-state index < -0.39 is 0 Å².